The summed E-state index contributed by atoms with van der Waals surface area (Å²) in [4.78, 5) is 6.03. The normalized spacial score (nSPS) is 14.2. The molecular formula is C22H29NO. The summed E-state index contributed by atoms with van der Waals surface area (Å²) in [6, 6.07) is 21.0. The fourth-order valence-electron chi connectivity index (χ4n) is 2.69. The van der Waals surface area contributed by atoms with Crippen LogP contribution >= 0.6 is 0 Å². The molecule has 0 aliphatic heterocycles. The molecule has 0 heterocycles. The van der Waals surface area contributed by atoms with Gasteiger partial charge in [-0.15, -0.1) is 0 Å². The van der Waals surface area contributed by atoms with E-state index in [4.69, 9.17) is 4.84 Å². The standard InChI is InChI=1S/C22H29NO/c1-4-22(20-13-9-6-10-14-20)24-23-21(17-18(2)3)16-15-19-11-7-5-8-12-19/h5-16,18,21-23H,4,17H2,1-3H3/b16-15+/t21-,22+/m0/s1. The second-order valence-electron chi connectivity index (χ2n) is 6.55. The van der Waals surface area contributed by atoms with Crippen LogP contribution in [0.3, 0.4) is 0 Å². The van der Waals surface area contributed by atoms with Gasteiger partial charge in [0.25, 0.3) is 0 Å². The number of hydroxylamine groups is 1. The van der Waals surface area contributed by atoms with E-state index in [0.29, 0.717) is 5.92 Å². The van der Waals surface area contributed by atoms with Crippen LogP contribution in [0.25, 0.3) is 6.08 Å². The smallest absolute Gasteiger partial charge is 0.104 e. The first-order valence-electron chi connectivity index (χ1n) is 8.88. The summed E-state index contributed by atoms with van der Waals surface area (Å²) in [5.41, 5.74) is 5.71. The van der Waals surface area contributed by atoms with E-state index < -0.39 is 0 Å². The molecule has 0 amide bonds. The quantitative estimate of drug-likeness (QED) is 0.590. The minimum Gasteiger partial charge on any atom is -0.293 e. The van der Waals surface area contributed by atoms with Crippen LogP contribution in [0.5, 0.6) is 0 Å². The van der Waals surface area contributed by atoms with Gasteiger partial charge in [-0.2, -0.15) is 5.48 Å². The molecule has 0 aliphatic carbocycles. The van der Waals surface area contributed by atoms with Crippen LogP contribution in [-0.4, -0.2) is 6.04 Å². The Bertz CT molecular complexity index is 592. The molecule has 2 aromatic rings. The van der Waals surface area contributed by atoms with Crippen molar-refractivity contribution in [1.29, 1.82) is 0 Å². The maximum absolute atomic E-state index is 6.03. The van der Waals surface area contributed by atoms with Gasteiger partial charge in [-0.1, -0.05) is 93.6 Å². The van der Waals surface area contributed by atoms with Crippen molar-refractivity contribution in [2.75, 3.05) is 0 Å². The molecule has 128 valence electrons. The van der Waals surface area contributed by atoms with Crippen molar-refractivity contribution in [3.63, 3.8) is 0 Å². The van der Waals surface area contributed by atoms with E-state index in [2.05, 4.69) is 86.9 Å². The topological polar surface area (TPSA) is 21.3 Å². The van der Waals surface area contributed by atoms with Gasteiger partial charge in [0.1, 0.15) is 6.10 Å². The average molecular weight is 323 g/mol. The molecule has 0 radical (unpaired) electrons. The molecule has 0 fully saturated rings. The molecule has 2 rings (SSSR count). The van der Waals surface area contributed by atoms with Crippen molar-refractivity contribution in [3.05, 3.63) is 77.9 Å². The van der Waals surface area contributed by atoms with Crippen molar-refractivity contribution in [2.45, 2.75) is 45.8 Å². The highest BCUT2D eigenvalue weighted by Gasteiger charge is 2.13. The van der Waals surface area contributed by atoms with Crippen LogP contribution in [0.4, 0.5) is 0 Å². The van der Waals surface area contributed by atoms with Crippen molar-refractivity contribution >= 4 is 6.08 Å². The fraction of sp³-hybridized carbons (Fsp3) is 0.364. The molecule has 0 aromatic heterocycles. The molecule has 2 nitrogen and oxygen atoms in total. The Morgan fingerprint density at radius 3 is 2.17 bits per heavy atom. The molecule has 1 N–H and O–H groups in total. The van der Waals surface area contributed by atoms with E-state index in [0.717, 1.165) is 12.8 Å². The van der Waals surface area contributed by atoms with Gasteiger partial charge >= 0.3 is 0 Å². The first kappa shape index (κ1) is 18.4. The SMILES string of the molecule is CC[C@@H](ON[C@@H](/C=C/c1ccccc1)CC(C)C)c1ccccc1. The van der Waals surface area contributed by atoms with E-state index >= 15 is 0 Å². The van der Waals surface area contributed by atoms with Gasteiger partial charge in [-0.05, 0) is 29.9 Å². The van der Waals surface area contributed by atoms with Crippen LogP contribution in [-0.2, 0) is 4.84 Å². The molecule has 24 heavy (non-hydrogen) atoms. The number of rotatable bonds is 9. The van der Waals surface area contributed by atoms with E-state index in [-0.39, 0.29) is 12.1 Å². The Labute approximate surface area is 146 Å². The van der Waals surface area contributed by atoms with Crippen molar-refractivity contribution in [3.8, 4) is 0 Å². The first-order chi connectivity index (χ1) is 11.7. The minimum absolute atomic E-state index is 0.0750. The Hall–Kier alpha value is -1.90. The molecule has 0 bridgehead atoms. The summed E-state index contributed by atoms with van der Waals surface area (Å²) in [5.74, 6) is 0.600. The highest BCUT2D eigenvalue weighted by Crippen LogP contribution is 2.20. The second kappa shape index (κ2) is 10.1. The molecule has 0 saturated carbocycles. The number of benzene rings is 2. The summed E-state index contributed by atoms with van der Waals surface area (Å²) >= 11 is 0. The highest BCUT2D eigenvalue weighted by atomic mass is 16.7. The maximum Gasteiger partial charge on any atom is 0.104 e. The minimum atomic E-state index is 0.0750. The van der Waals surface area contributed by atoms with Crippen molar-refractivity contribution < 1.29 is 4.84 Å². The Kier molecular flexibility index (Phi) is 7.73. The van der Waals surface area contributed by atoms with Gasteiger partial charge in [-0.25, -0.2) is 0 Å². The lowest BCUT2D eigenvalue weighted by Crippen LogP contribution is -2.30. The van der Waals surface area contributed by atoms with Crippen LogP contribution in [0.2, 0.25) is 0 Å². The number of hydrogen-bond donors (Lipinski definition) is 1. The number of nitrogens with one attached hydrogen (secondary N) is 1. The fourth-order valence-corrected chi connectivity index (χ4v) is 2.69. The summed E-state index contributed by atoms with van der Waals surface area (Å²) in [6.45, 7) is 6.62. The Morgan fingerprint density at radius 2 is 1.58 bits per heavy atom. The summed E-state index contributed by atoms with van der Waals surface area (Å²) in [7, 11) is 0. The lowest BCUT2D eigenvalue weighted by Gasteiger charge is -2.22. The van der Waals surface area contributed by atoms with Gasteiger partial charge in [-0.3, -0.25) is 4.84 Å². The molecule has 2 heteroatoms. The lowest BCUT2D eigenvalue weighted by atomic mass is 10.0. The van der Waals surface area contributed by atoms with Gasteiger partial charge in [0.15, 0.2) is 0 Å². The number of hydrogen-bond acceptors (Lipinski definition) is 2. The zero-order chi connectivity index (χ0) is 17.2. The van der Waals surface area contributed by atoms with E-state index in [1.807, 2.05) is 12.1 Å². The molecule has 0 aliphatic rings. The van der Waals surface area contributed by atoms with E-state index in [1.165, 1.54) is 11.1 Å². The molecular weight excluding hydrogens is 294 g/mol. The third-order valence-corrected chi connectivity index (χ3v) is 3.95. The lowest BCUT2D eigenvalue weighted by molar-refractivity contribution is -0.0424. The van der Waals surface area contributed by atoms with Gasteiger partial charge in [0, 0.05) is 0 Å². The summed E-state index contributed by atoms with van der Waals surface area (Å²) in [6.07, 6.45) is 6.41. The highest BCUT2D eigenvalue weighted by molar-refractivity contribution is 5.49. The maximum atomic E-state index is 6.03. The van der Waals surface area contributed by atoms with Gasteiger partial charge in [0.2, 0.25) is 0 Å². The van der Waals surface area contributed by atoms with Crippen molar-refractivity contribution in [1.82, 2.24) is 5.48 Å². The average Bonchev–Trinajstić information content (AvgIpc) is 2.61. The largest absolute Gasteiger partial charge is 0.293 e. The summed E-state index contributed by atoms with van der Waals surface area (Å²) < 4.78 is 0. The monoisotopic (exact) mass is 323 g/mol. The predicted octanol–water partition coefficient (Wildman–Crippen LogP) is 5.79. The third kappa shape index (κ3) is 6.31. The Morgan fingerprint density at radius 1 is 0.958 bits per heavy atom. The zero-order valence-electron chi connectivity index (χ0n) is 15.0. The molecule has 0 saturated heterocycles. The zero-order valence-corrected chi connectivity index (χ0v) is 15.0. The first-order valence-corrected chi connectivity index (χ1v) is 8.88. The third-order valence-electron chi connectivity index (χ3n) is 3.95. The van der Waals surface area contributed by atoms with Crippen LogP contribution in [0.15, 0.2) is 66.7 Å². The molecule has 2 aromatic carbocycles. The Balaban J connectivity index is 1.99. The van der Waals surface area contributed by atoms with Gasteiger partial charge < -0.3 is 0 Å². The van der Waals surface area contributed by atoms with Gasteiger partial charge in [0.05, 0.1) is 6.04 Å². The van der Waals surface area contributed by atoms with E-state index in [1.54, 1.807) is 0 Å². The second-order valence-corrected chi connectivity index (χ2v) is 6.55. The predicted molar refractivity (Wildman–Crippen MR) is 102 cm³/mol. The summed E-state index contributed by atoms with van der Waals surface area (Å²) in [5, 5.41) is 0. The van der Waals surface area contributed by atoms with Crippen LogP contribution in [0.1, 0.15) is 50.8 Å². The molecule has 2 atom stereocenters. The van der Waals surface area contributed by atoms with Crippen LogP contribution in [0, 0.1) is 5.92 Å². The van der Waals surface area contributed by atoms with E-state index in [9.17, 15) is 0 Å². The molecule has 0 spiro atoms. The van der Waals surface area contributed by atoms with Crippen LogP contribution < -0.4 is 5.48 Å². The van der Waals surface area contributed by atoms with Crippen molar-refractivity contribution in [2.24, 2.45) is 5.92 Å². The molecule has 0 unspecified atom stereocenters.